The van der Waals surface area contributed by atoms with Crippen LogP contribution in [0.1, 0.15) is 45.4 Å². The van der Waals surface area contributed by atoms with Crippen molar-refractivity contribution in [1.29, 1.82) is 0 Å². The maximum Gasteiger partial charge on any atom is 0.319 e. The van der Waals surface area contributed by atoms with Crippen LogP contribution in [0.3, 0.4) is 0 Å². The highest BCUT2D eigenvalue weighted by molar-refractivity contribution is 5.93. The highest BCUT2D eigenvalue weighted by Crippen LogP contribution is 2.17. The fraction of sp³-hybridized carbons (Fsp3) is 0.500. The van der Waals surface area contributed by atoms with Gasteiger partial charge in [-0.25, -0.2) is 4.79 Å². The molecule has 0 bridgehead atoms. The Morgan fingerprint density at radius 3 is 2.40 bits per heavy atom. The number of rotatable bonds is 7. The van der Waals surface area contributed by atoms with Gasteiger partial charge in [-0.1, -0.05) is 25.8 Å². The van der Waals surface area contributed by atoms with Crippen molar-refractivity contribution in [2.75, 3.05) is 17.2 Å². The summed E-state index contributed by atoms with van der Waals surface area (Å²) in [6.07, 6.45) is 5.08. The van der Waals surface area contributed by atoms with Gasteiger partial charge in [0.1, 0.15) is 0 Å². The van der Waals surface area contributed by atoms with Crippen LogP contribution >= 0.6 is 0 Å². The van der Waals surface area contributed by atoms with Gasteiger partial charge in [-0.05, 0) is 31.0 Å². The Kier molecular flexibility index (Phi) is 7.25. The number of amides is 4. The Morgan fingerprint density at radius 1 is 1.04 bits per heavy atom. The van der Waals surface area contributed by atoms with Crippen molar-refractivity contribution in [2.24, 2.45) is 0 Å². The molecule has 1 aliphatic rings. The minimum absolute atomic E-state index is 0.0310. The number of urea groups is 1. The van der Waals surface area contributed by atoms with E-state index in [1.165, 1.54) is 12.8 Å². The number of benzene rings is 1. The second-order valence-corrected chi connectivity index (χ2v) is 6.16. The van der Waals surface area contributed by atoms with Crippen LogP contribution in [-0.2, 0) is 9.59 Å². The average molecular weight is 346 g/mol. The van der Waals surface area contributed by atoms with E-state index in [0.29, 0.717) is 23.8 Å². The van der Waals surface area contributed by atoms with Crippen molar-refractivity contribution in [3.05, 3.63) is 24.3 Å². The summed E-state index contributed by atoms with van der Waals surface area (Å²) in [5, 5.41) is 11.1. The first-order valence-electron chi connectivity index (χ1n) is 8.81. The molecule has 4 amide bonds. The fourth-order valence-corrected chi connectivity index (χ4v) is 2.76. The molecule has 2 rings (SSSR count). The zero-order valence-electron chi connectivity index (χ0n) is 14.6. The van der Waals surface area contributed by atoms with Crippen molar-refractivity contribution < 1.29 is 14.4 Å². The number of carbonyl (C=O) groups is 3. The van der Waals surface area contributed by atoms with Crippen molar-refractivity contribution >= 4 is 29.2 Å². The van der Waals surface area contributed by atoms with Gasteiger partial charge >= 0.3 is 6.03 Å². The number of nitrogens with one attached hydrogen (secondary N) is 4. The molecule has 25 heavy (non-hydrogen) atoms. The fourth-order valence-electron chi connectivity index (χ4n) is 2.76. The summed E-state index contributed by atoms with van der Waals surface area (Å²) in [5.74, 6) is -0.119. The van der Waals surface area contributed by atoms with E-state index in [4.69, 9.17) is 0 Å². The summed E-state index contributed by atoms with van der Waals surface area (Å²) in [7, 11) is 0. The molecule has 0 aliphatic heterocycles. The molecule has 1 aliphatic carbocycles. The second-order valence-electron chi connectivity index (χ2n) is 6.16. The summed E-state index contributed by atoms with van der Waals surface area (Å²) in [6.45, 7) is 2.05. The van der Waals surface area contributed by atoms with Crippen LogP contribution < -0.4 is 21.3 Å². The van der Waals surface area contributed by atoms with Gasteiger partial charge in [-0.2, -0.15) is 0 Å². The SMILES string of the molecule is CCC(=O)Nc1cccc(NC(=O)NCCC(=O)NC2CCCC2)c1. The summed E-state index contributed by atoms with van der Waals surface area (Å²) in [6, 6.07) is 6.82. The van der Waals surface area contributed by atoms with Gasteiger partial charge in [0.25, 0.3) is 0 Å². The molecule has 136 valence electrons. The van der Waals surface area contributed by atoms with Gasteiger partial charge in [0.2, 0.25) is 11.8 Å². The highest BCUT2D eigenvalue weighted by Gasteiger charge is 2.16. The maximum atomic E-state index is 11.9. The third kappa shape index (κ3) is 6.82. The average Bonchev–Trinajstić information content (AvgIpc) is 3.07. The van der Waals surface area contributed by atoms with E-state index >= 15 is 0 Å². The standard InChI is InChI=1S/C18H26N4O3/c1-2-16(23)21-14-8-5-9-15(12-14)22-18(25)19-11-10-17(24)20-13-6-3-4-7-13/h5,8-9,12-13H,2-4,6-7,10-11H2,1H3,(H,20,24)(H,21,23)(H2,19,22,25). The van der Waals surface area contributed by atoms with Crippen LogP contribution in [0.25, 0.3) is 0 Å². The molecule has 0 heterocycles. The van der Waals surface area contributed by atoms with Gasteiger partial charge in [-0.15, -0.1) is 0 Å². The van der Waals surface area contributed by atoms with Crippen LogP contribution in [0.4, 0.5) is 16.2 Å². The molecule has 0 saturated heterocycles. The molecule has 1 aromatic rings. The Balaban J connectivity index is 1.70. The molecule has 0 atom stereocenters. The van der Waals surface area contributed by atoms with Crippen molar-refractivity contribution in [3.8, 4) is 0 Å². The lowest BCUT2D eigenvalue weighted by Crippen LogP contribution is -2.36. The van der Waals surface area contributed by atoms with E-state index in [-0.39, 0.29) is 30.8 Å². The van der Waals surface area contributed by atoms with E-state index in [2.05, 4.69) is 21.3 Å². The number of carbonyl (C=O) groups excluding carboxylic acids is 3. The molecule has 7 heteroatoms. The van der Waals surface area contributed by atoms with Gasteiger partial charge < -0.3 is 21.3 Å². The summed E-state index contributed by atoms with van der Waals surface area (Å²) >= 11 is 0. The lowest BCUT2D eigenvalue weighted by molar-refractivity contribution is -0.121. The van der Waals surface area contributed by atoms with E-state index in [0.717, 1.165) is 12.8 Å². The maximum absolute atomic E-state index is 11.9. The highest BCUT2D eigenvalue weighted by atomic mass is 16.2. The normalized spacial score (nSPS) is 14.0. The Labute approximate surface area is 147 Å². The van der Waals surface area contributed by atoms with Crippen LogP contribution in [0.15, 0.2) is 24.3 Å². The zero-order chi connectivity index (χ0) is 18.1. The molecular weight excluding hydrogens is 320 g/mol. The lowest BCUT2D eigenvalue weighted by atomic mass is 10.2. The van der Waals surface area contributed by atoms with Crippen molar-refractivity contribution in [2.45, 2.75) is 51.5 Å². The van der Waals surface area contributed by atoms with Gasteiger partial charge in [0, 0.05) is 36.8 Å². The van der Waals surface area contributed by atoms with E-state index in [9.17, 15) is 14.4 Å². The second kappa shape index (κ2) is 9.66. The Hall–Kier alpha value is -2.57. The summed E-state index contributed by atoms with van der Waals surface area (Å²) < 4.78 is 0. The largest absolute Gasteiger partial charge is 0.353 e. The Morgan fingerprint density at radius 2 is 1.72 bits per heavy atom. The molecule has 1 aromatic carbocycles. The van der Waals surface area contributed by atoms with Gasteiger partial charge in [0.05, 0.1) is 0 Å². The summed E-state index contributed by atoms with van der Waals surface area (Å²) in [5.41, 5.74) is 1.20. The van der Waals surface area contributed by atoms with Crippen LogP contribution in [-0.4, -0.2) is 30.4 Å². The smallest absolute Gasteiger partial charge is 0.319 e. The topological polar surface area (TPSA) is 99.3 Å². The van der Waals surface area contributed by atoms with Crippen LogP contribution in [0.2, 0.25) is 0 Å². The minimum atomic E-state index is -0.382. The number of hydrogen-bond donors (Lipinski definition) is 4. The molecule has 4 N–H and O–H groups in total. The Bertz CT molecular complexity index is 612. The van der Waals surface area contributed by atoms with Crippen LogP contribution in [0.5, 0.6) is 0 Å². The lowest BCUT2D eigenvalue weighted by Gasteiger charge is -2.12. The van der Waals surface area contributed by atoms with Gasteiger partial charge in [-0.3, -0.25) is 9.59 Å². The summed E-state index contributed by atoms with van der Waals surface area (Å²) in [4.78, 5) is 35.1. The number of anilines is 2. The van der Waals surface area contributed by atoms with Crippen molar-refractivity contribution in [3.63, 3.8) is 0 Å². The first kappa shape index (κ1) is 18.8. The van der Waals surface area contributed by atoms with E-state index < -0.39 is 0 Å². The predicted molar refractivity (Wildman–Crippen MR) is 97.4 cm³/mol. The predicted octanol–water partition coefficient (Wildman–Crippen LogP) is 2.61. The zero-order valence-corrected chi connectivity index (χ0v) is 14.6. The molecule has 0 spiro atoms. The molecular formula is C18H26N4O3. The molecule has 0 radical (unpaired) electrons. The number of hydrogen-bond acceptors (Lipinski definition) is 3. The molecule has 1 saturated carbocycles. The van der Waals surface area contributed by atoms with Crippen LogP contribution in [0, 0.1) is 0 Å². The molecule has 0 aromatic heterocycles. The third-order valence-corrected chi connectivity index (χ3v) is 4.08. The van der Waals surface area contributed by atoms with Crippen molar-refractivity contribution in [1.82, 2.24) is 10.6 Å². The first-order chi connectivity index (χ1) is 12.1. The minimum Gasteiger partial charge on any atom is -0.353 e. The monoisotopic (exact) mass is 346 g/mol. The molecule has 0 unspecified atom stereocenters. The molecule has 7 nitrogen and oxygen atoms in total. The quantitative estimate of drug-likeness (QED) is 0.610. The third-order valence-electron chi connectivity index (χ3n) is 4.08. The van der Waals surface area contributed by atoms with E-state index in [1.54, 1.807) is 31.2 Å². The first-order valence-corrected chi connectivity index (χ1v) is 8.81. The molecule has 1 fully saturated rings. The van der Waals surface area contributed by atoms with Gasteiger partial charge in [0.15, 0.2) is 0 Å². The van der Waals surface area contributed by atoms with E-state index in [1.807, 2.05) is 0 Å².